The van der Waals surface area contributed by atoms with Gasteiger partial charge in [0.05, 0.1) is 13.1 Å². The Kier molecular flexibility index (Phi) is 3.08. The Labute approximate surface area is 91.9 Å². The Hall–Kier alpha value is -1.27. The molecule has 0 aromatic carbocycles. The maximum Gasteiger partial charge on any atom is 0.165 e. The average molecular weight is 223 g/mol. The molecule has 15 heavy (non-hydrogen) atoms. The second-order valence-electron chi connectivity index (χ2n) is 3.18. The van der Waals surface area contributed by atoms with E-state index in [0.29, 0.717) is 13.1 Å². The summed E-state index contributed by atoms with van der Waals surface area (Å²) in [4.78, 5) is 2.64. The molecule has 0 fully saturated rings. The molecular weight excluding hydrogens is 210 g/mol. The summed E-state index contributed by atoms with van der Waals surface area (Å²) in [6.45, 7) is 3.24. The molecule has 0 unspecified atom stereocenters. The smallest absolute Gasteiger partial charge is 0.165 e. The number of hydrogen-bond donors (Lipinski definition) is 1. The highest BCUT2D eigenvalue weighted by molar-refractivity contribution is 7.11. The van der Waals surface area contributed by atoms with Crippen molar-refractivity contribution in [2.45, 2.75) is 26.4 Å². The molecule has 0 spiro atoms. The molecular formula is C9H13N5S. The number of thiophene rings is 1. The van der Waals surface area contributed by atoms with Crippen LogP contribution in [0.2, 0.25) is 0 Å². The van der Waals surface area contributed by atoms with Gasteiger partial charge in [-0.1, -0.05) is 6.92 Å². The number of aromatic nitrogens is 4. The minimum atomic E-state index is 0.374. The summed E-state index contributed by atoms with van der Waals surface area (Å²) in [6, 6.07) is 4.26. The van der Waals surface area contributed by atoms with Crippen molar-refractivity contribution in [2.75, 3.05) is 0 Å². The third-order valence-electron chi connectivity index (χ3n) is 2.16. The van der Waals surface area contributed by atoms with Crippen LogP contribution < -0.4 is 5.73 Å². The molecule has 0 aliphatic carbocycles. The minimum Gasteiger partial charge on any atom is -0.324 e. The van der Waals surface area contributed by atoms with Crippen LogP contribution in [-0.4, -0.2) is 20.2 Å². The summed E-state index contributed by atoms with van der Waals surface area (Å²) in [6.07, 6.45) is 1.07. The summed E-state index contributed by atoms with van der Waals surface area (Å²) >= 11 is 1.79. The second-order valence-corrected chi connectivity index (χ2v) is 4.43. The molecule has 0 atom stereocenters. The lowest BCUT2D eigenvalue weighted by Gasteiger charge is -1.99. The highest BCUT2D eigenvalue weighted by Crippen LogP contribution is 2.17. The van der Waals surface area contributed by atoms with Crippen molar-refractivity contribution in [3.63, 3.8) is 0 Å². The number of hydrogen-bond acceptors (Lipinski definition) is 5. The van der Waals surface area contributed by atoms with Crippen LogP contribution in [0.1, 0.15) is 22.5 Å². The van der Waals surface area contributed by atoms with Gasteiger partial charge >= 0.3 is 0 Å². The van der Waals surface area contributed by atoms with E-state index in [9.17, 15) is 0 Å². The first-order chi connectivity index (χ1) is 7.33. The summed E-state index contributed by atoms with van der Waals surface area (Å²) in [5.74, 6) is 0.724. The molecule has 0 amide bonds. The van der Waals surface area contributed by atoms with E-state index in [1.165, 1.54) is 9.75 Å². The molecule has 0 saturated carbocycles. The van der Waals surface area contributed by atoms with Crippen LogP contribution in [0.25, 0.3) is 0 Å². The molecule has 6 heteroatoms. The lowest BCUT2D eigenvalue weighted by Crippen LogP contribution is -2.10. The third-order valence-corrected chi connectivity index (χ3v) is 3.37. The van der Waals surface area contributed by atoms with E-state index in [0.717, 1.165) is 12.2 Å². The molecule has 2 aromatic rings. The van der Waals surface area contributed by atoms with E-state index in [4.69, 9.17) is 5.73 Å². The van der Waals surface area contributed by atoms with Gasteiger partial charge in [0, 0.05) is 9.75 Å². The molecule has 80 valence electrons. The monoisotopic (exact) mass is 223 g/mol. The van der Waals surface area contributed by atoms with E-state index in [-0.39, 0.29) is 0 Å². The molecule has 0 radical (unpaired) electrons. The fourth-order valence-electron chi connectivity index (χ4n) is 1.34. The fraction of sp³-hybridized carbons (Fsp3) is 0.444. The minimum absolute atomic E-state index is 0.374. The quantitative estimate of drug-likeness (QED) is 0.832. The van der Waals surface area contributed by atoms with Crippen molar-refractivity contribution in [1.29, 1.82) is 0 Å². The Morgan fingerprint density at radius 2 is 2.20 bits per heavy atom. The molecule has 0 aliphatic heterocycles. The van der Waals surface area contributed by atoms with E-state index in [1.54, 1.807) is 16.0 Å². The zero-order valence-corrected chi connectivity index (χ0v) is 9.37. The van der Waals surface area contributed by atoms with Gasteiger partial charge in [-0.05, 0) is 29.0 Å². The first-order valence-corrected chi connectivity index (χ1v) is 5.67. The maximum atomic E-state index is 5.52. The summed E-state index contributed by atoms with van der Waals surface area (Å²) in [7, 11) is 0. The van der Waals surface area contributed by atoms with E-state index in [2.05, 4.69) is 34.6 Å². The molecule has 2 rings (SSSR count). The number of tetrazole rings is 1. The normalized spacial score (nSPS) is 10.8. The van der Waals surface area contributed by atoms with Gasteiger partial charge in [-0.25, -0.2) is 4.68 Å². The summed E-state index contributed by atoms with van der Waals surface area (Å²) < 4.78 is 1.74. The highest BCUT2D eigenvalue weighted by atomic mass is 32.1. The number of rotatable bonds is 4. The molecule has 2 heterocycles. The molecule has 2 N–H and O–H groups in total. The van der Waals surface area contributed by atoms with Gasteiger partial charge in [-0.3, -0.25) is 0 Å². The van der Waals surface area contributed by atoms with Crippen molar-refractivity contribution >= 4 is 11.3 Å². The van der Waals surface area contributed by atoms with Crippen LogP contribution >= 0.6 is 11.3 Å². The first-order valence-electron chi connectivity index (χ1n) is 4.86. The largest absolute Gasteiger partial charge is 0.324 e. The first kappa shape index (κ1) is 10.3. The van der Waals surface area contributed by atoms with Gasteiger partial charge in [0.2, 0.25) is 0 Å². The van der Waals surface area contributed by atoms with Crippen LogP contribution in [0, 0.1) is 0 Å². The van der Waals surface area contributed by atoms with E-state index < -0.39 is 0 Å². The van der Waals surface area contributed by atoms with Gasteiger partial charge < -0.3 is 5.73 Å². The van der Waals surface area contributed by atoms with Crippen LogP contribution in [0.15, 0.2) is 12.1 Å². The van der Waals surface area contributed by atoms with Crippen LogP contribution in [0.3, 0.4) is 0 Å². The van der Waals surface area contributed by atoms with Crippen molar-refractivity contribution in [2.24, 2.45) is 5.73 Å². The maximum absolute atomic E-state index is 5.52. The Balaban J connectivity index is 2.14. The zero-order valence-electron chi connectivity index (χ0n) is 8.55. The summed E-state index contributed by atoms with van der Waals surface area (Å²) in [5.41, 5.74) is 5.52. The molecule has 5 nitrogen and oxygen atoms in total. The SMILES string of the molecule is CCc1ccc(Cn2nnnc2CN)s1. The predicted molar refractivity (Wildman–Crippen MR) is 58.5 cm³/mol. The average Bonchev–Trinajstić information content (AvgIpc) is 2.87. The van der Waals surface area contributed by atoms with Crippen molar-refractivity contribution in [3.8, 4) is 0 Å². The van der Waals surface area contributed by atoms with Crippen LogP contribution in [-0.2, 0) is 19.5 Å². The number of nitrogens with zero attached hydrogens (tertiary/aromatic N) is 4. The van der Waals surface area contributed by atoms with Crippen molar-refractivity contribution in [1.82, 2.24) is 20.2 Å². The molecule has 0 saturated heterocycles. The zero-order chi connectivity index (χ0) is 10.7. The van der Waals surface area contributed by atoms with Gasteiger partial charge in [-0.2, -0.15) is 0 Å². The topological polar surface area (TPSA) is 69.6 Å². The van der Waals surface area contributed by atoms with Crippen molar-refractivity contribution in [3.05, 3.63) is 27.7 Å². The Morgan fingerprint density at radius 3 is 2.87 bits per heavy atom. The lowest BCUT2D eigenvalue weighted by atomic mass is 10.3. The van der Waals surface area contributed by atoms with E-state index in [1.807, 2.05) is 0 Å². The molecule has 0 aliphatic rings. The fourth-order valence-corrected chi connectivity index (χ4v) is 2.28. The lowest BCUT2D eigenvalue weighted by molar-refractivity contribution is 0.624. The van der Waals surface area contributed by atoms with Crippen molar-refractivity contribution < 1.29 is 0 Å². The van der Waals surface area contributed by atoms with Gasteiger partial charge in [-0.15, -0.1) is 16.4 Å². The Morgan fingerprint density at radius 1 is 1.40 bits per heavy atom. The van der Waals surface area contributed by atoms with Crippen LogP contribution in [0.5, 0.6) is 0 Å². The summed E-state index contributed by atoms with van der Waals surface area (Å²) in [5, 5.41) is 11.3. The van der Waals surface area contributed by atoms with E-state index >= 15 is 0 Å². The highest BCUT2D eigenvalue weighted by Gasteiger charge is 2.05. The van der Waals surface area contributed by atoms with Crippen LogP contribution in [0.4, 0.5) is 0 Å². The third kappa shape index (κ3) is 2.21. The number of nitrogens with two attached hydrogens (primary N) is 1. The molecule has 2 aromatic heterocycles. The van der Waals surface area contributed by atoms with Gasteiger partial charge in [0.15, 0.2) is 5.82 Å². The predicted octanol–water partition coefficient (Wildman–Crippen LogP) is 0.804. The van der Waals surface area contributed by atoms with Gasteiger partial charge in [0.1, 0.15) is 0 Å². The standard InChI is InChI=1S/C9H13N5S/c1-2-7-3-4-8(15-7)6-14-9(5-10)11-12-13-14/h3-4H,2,5-6,10H2,1H3. The molecule has 0 bridgehead atoms. The Bertz CT molecular complexity index is 433. The second kappa shape index (κ2) is 4.50. The van der Waals surface area contributed by atoms with Gasteiger partial charge in [0.25, 0.3) is 0 Å². The number of aryl methyl sites for hydroxylation is 1.